The normalized spacial score (nSPS) is 11.7. The maximum atomic E-state index is 12.5. The van der Waals surface area contributed by atoms with Crippen molar-refractivity contribution in [2.24, 2.45) is 0 Å². The first-order valence-electron chi connectivity index (χ1n) is 8.88. The molecule has 26 heavy (non-hydrogen) atoms. The number of amides is 2. The minimum Gasteiger partial charge on any atom is -0.491 e. The summed E-state index contributed by atoms with van der Waals surface area (Å²) in [6.07, 6.45) is 0.913. The molecule has 0 fully saturated rings. The molecular formula is C21H26N2O3. The highest BCUT2D eigenvalue weighted by Crippen LogP contribution is 2.18. The average Bonchev–Trinajstić information content (AvgIpc) is 2.62. The van der Waals surface area contributed by atoms with Crippen LogP contribution in [-0.4, -0.2) is 24.0 Å². The molecule has 0 saturated heterocycles. The summed E-state index contributed by atoms with van der Waals surface area (Å²) in [6, 6.07) is 14.0. The first-order valence-corrected chi connectivity index (χ1v) is 8.88. The Labute approximate surface area is 154 Å². The molecule has 2 amide bonds. The van der Waals surface area contributed by atoms with E-state index in [1.54, 1.807) is 48.5 Å². The molecule has 0 aromatic heterocycles. The van der Waals surface area contributed by atoms with E-state index in [0.29, 0.717) is 22.6 Å². The van der Waals surface area contributed by atoms with Gasteiger partial charge in [-0.1, -0.05) is 19.1 Å². The molecular weight excluding hydrogens is 328 g/mol. The summed E-state index contributed by atoms with van der Waals surface area (Å²) >= 11 is 0. The van der Waals surface area contributed by atoms with Gasteiger partial charge in [0.2, 0.25) is 0 Å². The van der Waals surface area contributed by atoms with Crippen molar-refractivity contribution < 1.29 is 14.3 Å². The molecule has 2 aromatic rings. The van der Waals surface area contributed by atoms with Gasteiger partial charge in [0.25, 0.3) is 11.8 Å². The largest absolute Gasteiger partial charge is 0.491 e. The molecule has 2 N–H and O–H groups in total. The zero-order valence-corrected chi connectivity index (χ0v) is 15.7. The topological polar surface area (TPSA) is 67.4 Å². The average molecular weight is 354 g/mol. The number of hydrogen-bond acceptors (Lipinski definition) is 3. The molecule has 5 nitrogen and oxygen atoms in total. The van der Waals surface area contributed by atoms with E-state index >= 15 is 0 Å². The van der Waals surface area contributed by atoms with Crippen molar-refractivity contribution in [3.8, 4) is 5.75 Å². The Balaban J connectivity index is 2.13. The lowest BCUT2D eigenvalue weighted by atomic mass is 10.1. The summed E-state index contributed by atoms with van der Waals surface area (Å²) in [4.78, 5) is 24.9. The van der Waals surface area contributed by atoms with Gasteiger partial charge in [-0.3, -0.25) is 9.59 Å². The Morgan fingerprint density at radius 1 is 0.962 bits per heavy atom. The maximum Gasteiger partial charge on any atom is 0.255 e. The van der Waals surface area contributed by atoms with E-state index in [1.807, 2.05) is 27.7 Å². The Morgan fingerprint density at radius 2 is 1.62 bits per heavy atom. The molecule has 0 aliphatic carbocycles. The summed E-state index contributed by atoms with van der Waals surface area (Å²) in [5.41, 5.74) is 1.43. The predicted molar refractivity (Wildman–Crippen MR) is 104 cm³/mol. The number of nitrogens with one attached hydrogen (secondary N) is 2. The molecule has 0 radical (unpaired) electrons. The molecule has 0 heterocycles. The van der Waals surface area contributed by atoms with Gasteiger partial charge in [0.15, 0.2) is 0 Å². The van der Waals surface area contributed by atoms with Crippen LogP contribution in [0.2, 0.25) is 0 Å². The van der Waals surface area contributed by atoms with Gasteiger partial charge in [-0.2, -0.15) is 0 Å². The second-order valence-electron chi connectivity index (χ2n) is 6.47. The van der Waals surface area contributed by atoms with Crippen LogP contribution in [0, 0.1) is 0 Å². The Kier molecular flexibility index (Phi) is 6.78. The molecule has 0 spiro atoms. The molecule has 0 bridgehead atoms. The minimum atomic E-state index is -0.273. The van der Waals surface area contributed by atoms with Crippen molar-refractivity contribution >= 4 is 17.5 Å². The van der Waals surface area contributed by atoms with Crippen LogP contribution < -0.4 is 15.4 Å². The second kappa shape index (κ2) is 9.04. The van der Waals surface area contributed by atoms with Gasteiger partial charge in [-0.25, -0.2) is 0 Å². The predicted octanol–water partition coefficient (Wildman–Crippen LogP) is 4.25. The van der Waals surface area contributed by atoms with Crippen LogP contribution in [0.15, 0.2) is 48.5 Å². The fourth-order valence-corrected chi connectivity index (χ4v) is 2.35. The second-order valence-corrected chi connectivity index (χ2v) is 6.47. The van der Waals surface area contributed by atoms with E-state index in [4.69, 9.17) is 4.74 Å². The zero-order valence-electron chi connectivity index (χ0n) is 15.7. The molecule has 2 aromatic carbocycles. The van der Waals surface area contributed by atoms with E-state index in [-0.39, 0.29) is 24.0 Å². The van der Waals surface area contributed by atoms with Crippen LogP contribution in [0.1, 0.15) is 54.8 Å². The van der Waals surface area contributed by atoms with Crippen molar-refractivity contribution in [1.29, 1.82) is 0 Å². The van der Waals surface area contributed by atoms with Crippen molar-refractivity contribution in [2.75, 3.05) is 5.32 Å². The highest BCUT2D eigenvalue weighted by atomic mass is 16.5. The number of benzene rings is 2. The minimum absolute atomic E-state index is 0.0692. The summed E-state index contributed by atoms with van der Waals surface area (Å²) in [5.74, 6) is 0.241. The van der Waals surface area contributed by atoms with Crippen molar-refractivity contribution in [1.82, 2.24) is 5.32 Å². The Morgan fingerprint density at radius 3 is 2.23 bits per heavy atom. The fourth-order valence-electron chi connectivity index (χ4n) is 2.35. The molecule has 5 heteroatoms. The van der Waals surface area contributed by atoms with Crippen LogP contribution in [-0.2, 0) is 0 Å². The van der Waals surface area contributed by atoms with E-state index < -0.39 is 0 Å². The van der Waals surface area contributed by atoms with Crippen LogP contribution in [0.25, 0.3) is 0 Å². The lowest BCUT2D eigenvalue weighted by molar-refractivity contribution is 0.0940. The first-order chi connectivity index (χ1) is 12.4. The van der Waals surface area contributed by atoms with E-state index in [2.05, 4.69) is 10.6 Å². The van der Waals surface area contributed by atoms with Gasteiger partial charge < -0.3 is 15.4 Å². The number of anilines is 1. The molecule has 0 saturated carbocycles. The number of rotatable bonds is 7. The van der Waals surface area contributed by atoms with Crippen LogP contribution in [0.5, 0.6) is 5.75 Å². The number of carbonyl (C=O) groups excluding carboxylic acids is 2. The van der Waals surface area contributed by atoms with Gasteiger partial charge in [-0.15, -0.1) is 0 Å². The van der Waals surface area contributed by atoms with Crippen molar-refractivity contribution in [2.45, 2.75) is 46.3 Å². The monoisotopic (exact) mass is 354 g/mol. The van der Waals surface area contributed by atoms with Gasteiger partial charge in [0.05, 0.1) is 17.4 Å². The van der Waals surface area contributed by atoms with E-state index in [1.165, 1.54) is 0 Å². The molecule has 2 rings (SSSR count). The maximum absolute atomic E-state index is 12.5. The van der Waals surface area contributed by atoms with Gasteiger partial charge >= 0.3 is 0 Å². The summed E-state index contributed by atoms with van der Waals surface area (Å²) in [6.45, 7) is 7.84. The van der Waals surface area contributed by atoms with Crippen LogP contribution in [0.3, 0.4) is 0 Å². The Hall–Kier alpha value is -2.82. The molecule has 1 atom stereocenters. The number of carbonyl (C=O) groups is 2. The SMILES string of the molecule is CC[C@@H](C)NC(=O)c1ccccc1NC(=O)c1ccc(OC(C)C)cc1. The van der Waals surface area contributed by atoms with Crippen molar-refractivity contribution in [3.05, 3.63) is 59.7 Å². The van der Waals surface area contributed by atoms with Gasteiger partial charge in [0.1, 0.15) is 5.75 Å². The van der Waals surface area contributed by atoms with Gasteiger partial charge in [0, 0.05) is 11.6 Å². The fraction of sp³-hybridized carbons (Fsp3) is 0.333. The van der Waals surface area contributed by atoms with Gasteiger partial charge in [-0.05, 0) is 63.6 Å². The lowest BCUT2D eigenvalue weighted by Crippen LogP contribution is -2.32. The third-order valence-corrected chi connectivity index (χ3v) is 3.90. The quantitative estimate of drug-likeness (QED) is 0.781. The first kappa shape index (κ1) is 19.5. The molecule has 0 aliphatic heterocycles. The third kappa shape index (κ3) is 5.34. The van der Waals surface area contributed by atoms with E-state index in [9.17, 15) is 9.59 Å². The highest BCUT2D eigenvalue weighted by Gasteiger charge is 2.15. The molecule has 0 aliphatic rings. The number of para-hydroxylation sites is 1. The van der Waals surface area contributed by atoms with E-state index in [0.717, 1.165) is 6.42 Å². The summed E-state index contributed by atoms with van der Waals surface area (Å²) in [7, 11) is 0. The Bertz CT molecular complexity index is 754. The van der Waals surface area contributed by atoms with Crippen molar-refractivity contribution in [3.63, 3.8) is 0 Å². The number of hydrogen-bond donors (Lipinski definition) is 2. The van der Waals surface area contributed by atoms with Crippen LogP contribution in [0.4, 0.5) is 5.69 Å². The third-order valence-electron chi connectivity index (χ3n) is 3.90. The highest BCUT2D eigenvalue weighted by molar-refractivity contribution is 6.09. The zero-order chi connectivity index (χ0) is 19.1. The molecule has 0 unspecified atom stereocenters. The summed E-state index contributed by atoms with van der Waals surface area (Å²) in [5, 5.41) is 5.74. The van der Waals surface area contributed by atoms with Crippen LogP contribution >= 0.6 is 0 Å². The molecule has 138 valence electrons. The lowest BCUT2D eigenvalue weighted by Gasteiger charge is -2.15. The standard InChI is InChI=1S/C21H26N2O3/c1-5-15(4)22-21(25)18-8-6-7-9-19(18)23-20(24)16-10-12-17(13-11-16)26-14(2)3/h6-15H,5H2,1-4H3,(H,22,25)(H,23,24)/t15-/m1/s1. The summed E-state index contributed by atoms with van der Waals surface area (Å²) < 4.78 is 5.58. The number of ether oxygens (including phenoxy) is 1. The smallest absolute Gasteiger partial charge is 0.255 e.